The third-order valence-corrected chi connectivity index (χ3v) is 5.86. The van der Waals surface area contributed by atoms with Gasteiger partial charge in [-0.15, -0.1) is 10.2 Å². The molecule has 0 radical (unpaired) electrons. The molecule has 2 aromatic rings. The maximum atomic E-state index is 12.6. The number of amides is 2. The summed E-state index contributed by atoms with van der Waals surface area (Å²) in [5, 5.41) is 9.02. The molecule has 3 heterocycles. The van der Waals surface area contributed by atoms with Crippen LogP contribution in [0.15, 0.2) is 17.4 Å². The van der Waals surface area contributed by atoms with Crippen LogP contribution in [0.2, 0.25) is 0 Å². The van der Waals surface area contributed by atoms with Crippen molar-refractivity contribution in [1.29, 1.82) is 0 Å². The van der Waals surface area contributed by atoms with Crippen molar-refractivity contribution in [3.63, 3.8) is 0 Å². The predicted octanol–water partition coefficient (Wildman–Crippen LogP) is 1.89. The molecule has 0 spiro atoms. The maximum Gasteiger partial charge on any atom is 0.270 e. The van der Waals surface area contributed by atoms with Crippen molar-refractivity contribution < 1.29 is 14.4 Å². The molecule has 0 unspecified atom stereocenters. The van der Waals surface area contributed by atoms with E-state index < -0.39 is 0 Å². The number of carbonyl (C=O) groups excluding carboxylic acids is 3. The van der Waals surface area contributed by atoms with Gasteiger partial charge in [0.1, 0.15) is 11.5 Å². The number of primary amides is 1. The van der Waals surface area contributed by atoms with Crippen LogP contribution >= 0.6 is 11.8 Å². The second kappa shape index (κ2) is 9.92. The summed E-state index contributed by atoms with van der Waals surface area (Å²) >= 11 is 1.30. The predicted molar refractivity (Wildman–Crippen MR) is 113 cm³/mol. The molecule has 2 aromatic heterocycles. The van der Waals surface area contributed by atoms with Gasteiger partial charge in [0.25, 0.3) is 5.91 Å². The molecule has 10 heteroatoms. The van der Waals surface area contributed by atoms with Gasteiger partial charge in [0, 0.05) is 44.2 Å². The van der Waals surface area contributed by atoms with E-state index in [1.54, 1.807) is 17.2 Å². The standard InChI is InChI=1S/C20H28N6O3S/c1-13(2)11-26-18(6-5-17(21)28)23-24-20(26)30-12-16(27)14-9-15(22-10-14)19(29)25-7-3-4-8-25/h9-10,13,22H,3-8,11-12H2,1-2H3,(H2,21,28). The number of nitrogens with one attached hydrogen (secondary N) is 1. The van der Waals surface area contributed by atoms with Crippen LogP contribution in [0.1, 0.15) is 59.8 Å². The smallest absolute Gasteiger partial charge is 0.270 e. The van der Waals surface area contributed by atoms with Gasteiger partial charge >= 0.3 is 0 Å². The highest BCUT2D eigenvalue weighted by atomic mass is 32.2. The number of aromatic nitrogens is 4. The lowest BCUT2D eigenvalue weighted by Crippen LogP contribution is -2.27. The Hall–Kier alpha value is -2.62. The first-order valence-corrected chi connectivity index (χ1v) is 11.2. The van der Waals surface area contributed by atoms with Crippen molar-refractivity contribution in [2.24, 2.45) is 11.7 Å². The van der Waals surface area contributed by atoms with Gasteiger partial charge in [0.2, 0.25) is 5.91 Å². The maximum absolute atomic E-state index is 12.6. The number of nitrogens with two attached hydrogens (primary N) is 1. The minimum absolute atomic E-state index is 0.0602. The van der Waals surface area contributed by atoms with E-state index in [0.717, 1.165) is 25.9 Å². The number of aryl methyl sites for hydroxylation is 1. The third-order valence-electron chi connectivity index (χ3n) is 4.90. The van der Waals surface area contributed by atoms with Crippen molar-refractivity contribution >= 4 is 29.4 Å². The van der Waals surface area contributed by atoms with E-state index in [9.17, 15) is 14.4 Å². The van der Waals surface area contributed by atoms with Crippen LogP contribution in [-0.2, 0) is 17.8 Å². The highest BCUT2D eigenvalue weighted by molar-refractivity contribution is 7.99. The zero-order valence-corrected chi connectivity index (χ0v) is 18.2. The Kier molecular flexibility index (Phi) is 7.30. The van der Waals surface area contributed by atoms with Crippen molar-refractivity contribution in [1.82, 2.24) is 24.6 Å². The van der Waals surface area contributed by atoms with E-state index in [1.165, 1.54) is 11.8 Å². The summed E-state index contributed by atoms with van der Waals surface area (Å²) in [7, 11) is 0. The topological polar surface area (TPSA) is 127 Å². The average Bonchev–Trinajstić information content (AvgIpc) is 3.45. The van der Waals surface area contributed by atoms with Crippen LogP contribution in [0.3, 0.4) is 0 Å². The highest BCUT2D eigenvalue weighted by Gasteiger charge is 2.22. The Labute approximate surface area is 179 Å². The lowest BCUT2D eigenvalue weighted by atomic mass is 10.2. The minimum atomic E-state index is -0.384. The number of aromatic amines is 1. The molecule has 0 aromatic carbocycles. The molecule has 1 saturated heterocycles. The van der Waals surface area contributed by atoms with Gasteiger partial charge in [0.05, 0.1) is 5.75 Å². The van der Waals surface area contributed by atoms with Crippen LogP contribution in [0, 0.1) is 5.92 Å². The Morgan fingerprint density at radius 1 is 1.23 bits per heavy atom. The Morgan fingerprint density at radius 2 is 1.97 bits per heavy atom. The van der Waals surface area contributed by atoms with Crippen LogP contribution in [-0.4, -0.2) is 61.1 Å². The van der Waals surface area contributed by atoms with Crippen LogP contribution < -0.4 is 5.73 Å². The SMILES string of the molecule is CC(C)Cn1c(CCC(N)=O)nnc1SCC(=O)c1c[nH]c(C(=O)N2CCCC2)c1. The number of likely N-dealkylation sites (tertiary alicyclic amines) is 1. The molecule has 1 fully saturated rings. The van der Waals surface area contributed by atoms with Crippen LogP contribution in [0.4, 0.5) is 0 Å². The van der Waals surface area contributed by atoms with Gasteiger partial charge in [-0.1, -0.05) is 25.6 Å². The largest absolute Gasteiger partial charge is 0.370 e. The number of ketones is 1. The molecule has 9 nitrogen and oxygen atoms in total. The van der Waals surface area contributed by atoms with Gasteiger partial charge in [0.15, 0.2) is 10.9 Å². The van der Waals surface area contributed by atoms with Crippen molar-refractivity contribution in [2.75, 3.05) is 18.8 Å². The number of thioether (sulfide) groups is 1. The van der Waals surface area contributed by atoms with Gasteiger partial charge < -0.3 is 20.2 Å². The third kappa shape index (κ3) is 5.50. The van der Waals surface area contributed by atoms with Gasteiger partial charge in [-0.2, -0.15) is 0 Å². The number of hydrogen-bond acceptors (Lipinski definition) is 6. The highest BCUT2D eigenvalue weighted by Crippen LogP contribution is 2.21. The second-order valence-electron chi connectivity index (χ2n) is 7.88. The molecule has 1 aliphatic heterocycles. The fourth-order valence-corrected chi connectivity index (χ4v) is 4.24. The van der Waals surface area contributed by atoms with E-state index in [4.69, 9.17) is 5.73 Å². The number of hydrogen-bond donors (Lipinski definition) is 2. The summed E-state index contributed by atoms with van der Waals surface area (Å²) in [6, 6.07) is 1.63. The first kappa shape index (κ1) is 22.1. The fourth-order valence-electron chi connectivity index (χ4n) is 3.38. The zero-order chi connectivity index (χ0) is 21.7. The summed E-state index contributed by atoms with van der Waals surface area (Å²) in [5.41, 5.74) is 6.17. The molecule has 0 atom stereocenters. The van der Waals surface area contributed by atoms with E-state index in [-0.39, 0.29) is 29.8 Å². The Bertz CT molecular complexity index is 914. The Balaban J connectivity index is 1.64. The van der Waals surface area contributed by atoms with Crippen molar-refractivity contribution in [2.45, 2.75) is 51.2 Å². The number of Topliss-reactive ketones (excluding diaryl/α,β-unsaturated/α-hetero) is 1. The van der Waals surface area contributed by atoms with Crippen LogP contribution in [0.5, 0.6) is 0 Å². The summed E-state index contributed by atoms with van der Waals surface area (Å²) < 4.78 is 1.95. The molecule has 3 N–H and O–H groups in total. The molecular weight excluding hydrogens is 404 g/mol. The number of rotatable bonds is 10. The van der Waals surface area contributed by atoms with Gasteiger partial charge in [-0.25, -0.2) is 0 Å². The van der Waals surface area contributed by atoms with Crippen LogP contribution in [0.25, 0.3) is 0 Å². The van der Waals surface area contributed by atoms with Gasteiger partial charge in [-0.05, 0) is 24.8 Å². The van der Waals surface area contributed by atoms with E-state index in [0.29, 0.717) is 41.1 Å². The monoisotopic (exact) mass is 432 g/mol. The zero-order valence-electron chi connectivity index (χ0n) is 17.4. The normalized spacial score (nSPS) is 13.9. The molecule has 1 aliphatic rings. The fraction of sp³-hybridized carbons (Fsp3) is 0.550. The lowest BCUT2D eigenvalue weighted by Gasteiger charge is -2.13. The van der Waals surface area contributed by atoms with Crippen molar-refractivity contribution in [3.8, 4) is 0 Å². The molecule has 0 bridgehead atoms. The van der Waals surface area contributed by atoms with E-state index >= 15 is 0 Å². The molecular formula is C20H28N6O3S. The number of nitrogens with zero attached hydrogens (tertiary/aromatic N) is 4. The van der Waals surface area contributed by atoms with E-state index in [2.05, 4.69) is 29.0 Å². The molecule has 0 aliphatic carbocycles. The first-order valence-electron chi connectivity index (χ1n) is 10.2. The summed E-state index contributed by atoms with van der Waals surface area (Å²) in [6.45, 7) is 6.38. The average molecular weight is 433 g/mol. The minimum Gasteiger partial charge on any atom is -0.370 e. The summed E-state index contributed by atoms with van der Waals surface area (Å²) in [5.74, 6) is 0.695. The molecule has 162 valence electrons. The Morgan fingerprint density at radius 3 is 2.63 bits per heavy atom. The first-order chi connectivity index (χ1) is 14.3. The van der Waals surface area contributed by atoms with Crippen molar-refractivity contribution in [3.05, 3.63) is 29.3 Å². The quantitative estimate of drug-likeness (QED) is 0.436. The lowest BCUT2D eigenvalue weighted by molar-refractivity contribution is -0.118. The number of carbonyl (C=O) groups is 3. The molecule has 30 heavy (non-hydrogen) atoms. The van der Waals surface area contributed by atoms with Gasteiger partial charge in [-0.3, -0.25) is 14.4 Å². The molecule has 3 rings (SSSR count). The molecule has 2 amide bonds. The number of H-pyrrole nitrogens is 1. The molecule has 0 saturated carbocycles. The summed E-state index contributed by atoms with van der Waals surface area (Å²) in [4.78, 5) is 40.9. The van der Waals surface area contributed by atoms with E-state index in [1.807, 2.05) is 4.57 Å². The summed E-state index contributed by atoms with van der Waals surface area (Å²) in [6.07, 6.45) is 4.25. The second-order valence-corrected chi connectivity index (χ2v) is 8.83.